The van der Waals surface area contributed by atoms with Crippen LogP contribution < -0.4 is 0 Å². The molecule has 0 heteroatoms. The summed E-state index contributed by atoms with van der Waals surface area (Å²) in [4.78, 5) is 0. The zero-order valence-corrected chi connectivity index (χ0v) is 44.4. The van der Waals surface area contributed by atoms with Crippen LogP contribution in [-0.4, -0.2) is 0 Å². The van der Waals surface area contributed by atoms with Crippen molar-refractivity contribution in [3.05, 3.63) is 448 Å². The number of hydrogen-bond acceptors (Lipinski definition) is 0. The van der Waals surface area contributed by atoms with E-state index in [4.69, 9.17) is 0 Å². The van der Waals surface area contributed by atoms with Gasteiger partial charge in [-0.1, -0.05) is 39.2 Å². The molecule has 0 aliphatic heterocycles. The Morgan fingerprint density at radius 1 is 0.143 bits per heavy atom. The molecule has 0 aliphatic carbocycles. The number of rotatable bonds is 2. The summed E-state index contributed by atoms with van der Waals surface area (Å²) in [5.74, 6) is 0.774. The summed E-state index contributed by atoms with van der Waals surface area (Å²) in [5.41, 5.74) is 193. The fraction of sp³-hybridized carbons (Fsp3) is 0.0714. The number of hydrogen-bond donors (Lipinski definition) is 0. The Labute approximate surface area is 484 Å². The van der Waals surface area contributed by atoms with E-state index in [0.29, 0.717) is 11.8 Å². The second kappa shape index (κ2) is 60.3. The highest BCUT2D eigenvalue weighted by Crippen LogP contribution is 2.17. The Morgan fingerprint density at radius 3 is 0.310 bits per heavy atom. The van der Waals surface area contributed by atoms with Crippen molar-refractivity contribution >= 4 is 0 Å². The van der Waals surface area contributed by atoms with Gasteiger partial charge in [0.25, 0.3) is 0 Å². The lowest BCUT2D eigenvalue weighted by molar-refractivity contribution is 0.628. The average molecular weight is 1030 g/mol. The topological polar surface area (TPSA) is 0 Å². The first kappa shape index (κ1) is 67.0. The zero-order valence-electron chi connectivity index (χ0n) is 44.4. The van der Waals surface area contributed by atoms with E-state index in [1.807, 2.05) is 0 Å². The third-order valence-electron chi connectivity index (χ3n) is 6.10. The molecule has 0 nitrogen and oxygen atoms in total. The quantitative estimate of drug-likeness (QED) is 0.242. The molecule has 0 saturated carbocycles. The summed E-state index contributed by atoms with van der Waals surface area (Å²) in [7, 11) is 0. The molecule has 0 atom stereocenters. The fourth-order valence-corrected chi connectivity index (χ4v) is 3.35. The van der Waals surface area contributed by atoms with Crippen LogP contribution in [0, 0.1) is 11.8 Å². The minimum atomic E-state index is 0.387. The maximum Gasteiger partial charge on any atom is 0 e. The van der Waals surface area contributed by atoms with Gasteiger partial charge in [0.05, 0.1) is 0 Å². The van der Waals surface area contributed by atoms with Crippen molar-refractivity contribution in [3.63, 3.8) is 0 Å². The SMILES string of the molecule is C=C=C=C=C=C=C=C=C=C=C=C=C=C=C=C=C=C=C=C=C=C=C=C=C=C=C=C=C=C=C=C=C=C=C=C=C=C=C=C=C=C=C=C=C=C=C=C=C=C=C=C=C=C=C=C=C=C=C=C=C=C=C=C=C=C=C=C=C=C=C=C=C=C=C=C=C=C(C(C)C)C(C)C. The van der Waals surface area contributed by atoms with Gasteiger partial charge < -0.3 is 0 Å². The lowest BCUT2D eigenvalue weighted by Crippen LogP contribution is -1.99. The third-order valence-corrected chi connectivity index (χ3v) is 6.10. The first-order valence-corrected chi connectivity index (χ1v) is 22.2. The average Bonchev–Trinajstić information content (AvgIpc) is 3.49. The summed E-state index contributed by atoms with van der Waals surface area (Å²) >= 11 is 0. The van der Waals surface area contributed by atoms with E-state index in [1.165, 1.54) is 0 Å². The highest BCUT2D eigenvalue weighted by molar-refractivity contribution is 5.07. The summed E-state index contributed by atoms with van der Waals surface area (Å²) in [6, 6.07) is 0. The first-order valence-electron chi connectivity index (χ1n) is 22.2. The molecule has 0 aliphatic rings. The maximum absolute atomic E-state index is 3.32. The molecule has 84 heavy (non-hydrogen) atoms. The standard InChI is InChI=1S/C84H16/c1-6-7-8-9-10-11-12-13-14-15-16-17-18-19-20-21-22-23-24-25-26-27-28-29-30-31-32-33-34-35-36-37-38-39-40-41-42-43-44-45-46-47-48-49-50-51-52-53-54-55-56-57-58-59-60-61-62-63-64-65-66-67-68-69-70-71-72-73-74-75-76-77-78-79-80-81-84(82(2)3)83(4)5/h82-83H,1H2,2-5H3. The minimum absolute atomic E-state index is 0.387. The summed E-state index contributed by atoms with van der Waals surface area (Å²) in [6.45, 7) is 11.8. The van der Waals surface area contributed by atoms with Gasteiger partial charge in [-0.05, 0) is 116 Å². The lowest BCUT2D eigenvalue weighted by atomic mass is 9.94. The predicted molar refractivity (Wildman–Crippen MR) is 306 cm³/mol. The van der Waals surface area contributed by atoms with Crippen LogP contribution in [0.4, 0.5) is 0 Å². The van der Waals surface area contributed by atoms with Crippen LogP contribution >= 0.6 is 0 Å². The van der Waals surface area contributed by atoms with Gasteiger partial charge in [0, 0.05) is 332 Å². The van der Waals surface area contributed by atoms with Gasteiger partial charge in [-0.3, -0.25) is 0 Å². The van der Waals surface area contributed by atoms with Crippen LogP contribution in [0.3, 0.4) is 0 Å². The first-order chi connectivity index (χ1) is 41.6. The molecule has 0 aromatic heterocycles. The van der Waals surface area contributed by atoms with Gasteiger partial charge >= 0.3 is 0 Å². The largest absolute Gasteiger partial charge is 0.0687 e. The molecule has 0 amide bonds. The van der Waals surface area contributed by atoms with Crippen LogP contribution in [-0.2, 0) is 0 Å². The zero-order chi connectivity index (χ0) is 60.5. The third kappa shape index (κ3) is 57.6. The summed E-state index contributed by atoms with van der Waals surface area (Å²) < 4.78 is 0. The van der Waals surface area contributed by atoms with Crippen molar-refractivity contribution in [2.75, 3.05) is 0 Å². The van der Waals surface area contributed by atoms with E-state index >= 15 is 0 Å². The number of allylic oxidation sites excluding steroid dienone is 1. The van der Waals surface area contributed by atoms with E-state index in [-0.39, 0.29) is 0 Å². The Bertz CT molecular complexity index is 6130. The van der Waals surface area contributed by atoms with Crippen LogP contribution in [0.25, 0.3) is 0 Å². The lowest BCUT2D eigenvalue weighted by Gasteiger charge is -2.10. The van der Waals surface area contributed by atoms with Gasteiger partial charge in [0.15, 0.2) is 0 Å². The second-order valence-electron chi connectivity index (χ2n) is 12.3. The molecule has 0 radical (unpaired) electrons. The molecule has 0 bridgehead atoms. The van der Waals surface area contributed by atoms with E-state index in [1.54, 1.807) is 0 Å². The molecular formula is C84H16. The highest BCUT2D eigenvalue weighted by atomic mass is 14.1. The Kier molecular flexibility index (Phi) is 48.1. The van der Waals surface area contributed by atoms with Crippen molar-refractivity contribution in [2.24, 2.45) is 11.8 Å². The Hall–Kier alpha value is -17.0. The van der Waals surface area contributed by atoms with Crippen molar-refractivity contribution in [1.29, 1.82) is 0 Å². The summed E-state index contributed by atoms with van der Waals surface area (Å²) in [6.07, 6.45) is 0. The maximum atomic E-state index is 3.32. The summed E-state index contributed by atoms with van der Waals surface area (Å²) in [5, 5.41) is 0. The molecule has 0 spiro atoms. The monoisotopic (exact) mass is 1020 g/mol. The molecule has 0 saturated heterocycles. The Morgan fingerprint density at radius 2 is 0.226 bits per heavy atom. The molecule has 0 heterocycles. The smallest absolute Gasteiger partial charge is 0 e. The van der Waals surface area contributed by atoms with Gasteiger partial charge in [-0.25, -0.2) is 0 Å². The Balaban J connectivity index is 6.17. The minimum Gasteiger partial charge on any atom is -0.0687 e. The van der Waals surface area contributed by atoms with Crippen molar-refractivity contribution in [1.82, 2.24) is 0 Å². The molecule has 352 valence electrons. The molecular weight excluding hydrogens is 1010 g/mol. The molecule has 0 rings (SSSR count). The van der Waals surface area contributed by atoms with Crippen LogP contribution in [0.1, 0.15) is 27.7 Å². The fourth-order valence-electron chi connectivity index (χ4n) is 3.35. The van der Waals surface area contributed by atoms with Gasteiger partial charge in [0.1, 0.15) is 0 Å². The molecule has 0 unspecified atom stereocenters. The van der Waals surface area contributed by atoms with E-state index in [0.717, 1.165) is 5.57 Å². The molecule has 0 aromatic carbocycles. The van der Waals surface area contributed by atoms with Crippen LogP contribution in [0.5, 0.6) is 0 Å². The van der Waals surface area contributed by atoms with E-state index < -0.39 is 0 Å². The van der Waals surface area contributed by atoms with E-state index in [9.17, 15) is 0 Å². The molecule has 0 fully saturated rings. The van der Waals surface area contributed by atoms with Gasteiger partial charge in [-0.15, -0.1) is 0 Å². The highest BCUT2D eigenvalue weighted by Gasteiger charge is 2.05. The van der Waals surface area contributed by atoms with Crippen LogP contribution in [0.2, 0.25) is 0 Å². The normalized spacial score (nSPS) is 4.64. The van der Waals surface area contributed by atoms with Crippen LogP contribution in [0.15, 0.2) is 448 Å². The van der Waals surface area contributed by atoms with Crippen molar-refractivity contribution in [3.8, 4) is 0 Å². The van der Waals surface area contributed by atoms with Crippen molar-refractivity contribution < 1.29 is 0 Å². The molecule has 0 aromatic rings. The second-order valence-corrected chi connectivity index (χ2v) is 12.3. The van der Waals surface area contributed by atoms with E-state index in [2.05, 4.69) is 470 Å². The van der Waals surface area contributed by atoms with Gasteiger partial charge in [0.2, 0.25) is 0 Å². The van der Waals surface area contributed by atoms with Crippen molar-refractivity contribution in [2.45, 2.75) is 27.7 Å². The van der Waals surface area contributed by atoms with Gasteiger partial charge in [-0.2, -0.15) is 0 Å². The predicted octanol–water partition coefficient (Wildman–Crippen LogP) is 14.6. The molecule has 0 N–H and O–H groups in total.